The molecule has 0 atom stereocenters. The van der Waals surface area contributed by atoms with Gasteiger partial charge in [-0.05, 0) is 23.8 Å². The Hall–Kier alpha value is -2.76. The van der Waals surface area contributed by atoms with Crippen molar-refractivity contribution in [2.45, 2.75) is 6.54 Å². The van der Waals surface area contributed by atoms with Gasteiger partial charge in [0.05, 0.1) is 18.4 Å². The van der Waals surface area contributed by atoms with Crippen LogP contribution in [0.3, 0.4) is 0 Å². The molecule has 6 nitrogen and oxygen atoms in total. The Kier molecular flexibility index (Phi) is 4.27. The quantitative estimate of drug-likeness (QED) is 0.874. The second kappa shape index (κ2) is 6.13. The molecule has 0 amide bonds. The summed E-state index contributed by atoms with van der Waals surface area (Å²) in [5.74, 6) is 0.173. The van der Waals surface area contributed by atoms with E-state index in [-0.39, 0.29) is 11.3 Å². The molecule has 0 aliphatic carbocycles. The molecule has 0 saturated heterocycles. The summed E-state index contributed by atoms with van der Waals surface area (Å²) < 4.78 is 5.11. The molecule has 0 fully saturated rings. The van der Waals surface area contributed by atoms with Gasteiger partial charge in [-0.2, -0.15) is 0 Å². The molecule has 2 rings (SSSR count). The Balaban J connectivity index is 2.21. The molecule has 0 bridgehead atoms. The van der Waals surface area contributed by atoms with Crippen molar-refractivity contribution in [1.82, 2.24) is 4.98 Å². The molecular formula is C15H17N3O3. The van der Waals surface area contributed by atoms with Crippen LogP contribution < -0.4 is 15.4 Å². The number of methoxy groups -OCH3 is 1. The van der Waals surface area contributed by atoms with Crippen molar-refractivity contribution in [2.24, 2.45) is 0 Å². The van der Waals surface area contributed by atoms with Crippen molar-refractivity contribution in [2.75, 3.05) is 24.8 Å². The van der Waals surface area contributed by atoms with Gasteiger partial charge in [-0.25, -0.2) is 9.78 Å². The number of carbonyl (C=O) groups is 1. The fourth-order valence-electron chi connectivity index (χ4n) is 2.03. The van der Waals surface area contributed by atoms with Gasteiger partial charge in [0.2, 0.25) is 0 Å². The fourth-order valence-corrected chi connectivity index (χ4v) is 2.03. The van der Waals surface area contributed by atoms with E-state index in [4.69, 9.17) is 15.6 Å². The van der Waals surface area contributed by atoms with Crippen LogP contribution in [0.5, 0.6) is 5.75 Å². The van der Waals surface area contributed by atoms with E-state index in [1.54, 1.807) is 7.11 Å². The number of nitrogens with zero attached hydrogens (tertiary/aromatic N) is 2. The minimum atomic E-state index is -1.06. The summed E-state index contributed by atoms with van der Waals surface area (Å²) in [6.07, 6.45) is 1.44. The Labute approximate surface area is 122 Å². The number of rotatable bonds is 5. The van der Waals surface area contributed by atoms with Crippen molar-refractivity contribution in [3.8, 4) is 5.75 Å². The average Bonchev–Trinajstić information content (AvgIpc) is 2.47. The summed E-state index contributed by atoms with van der Waals surface area (Å²) in [5.41, 5.74) is 7.15. The standard InChI is InChI=1S/C15H17N3O3/c1-18(9-10-3-5-11(21-2)6-4-10)14-13(16)12(15(19)20)7-8-17-14/h3-8H,9,16H2,1-2H3,(H,19,20). The van der Waals surface area contributed by atoms with Crippen molar-refractivity contribution in [1.29, 1.82) is 0 Å². The molecule has 0 aliphatic heterocycles. The number of anilines is 2. The number of hydrogen-bond donors (Lipinski definition) is 2. The van der Waals surface area contributed by atoms with Crippen LogP contribution in [0.4, 0.5) is 11.5 Å². The van der Waals surface area contributed by atoms with Crippen LogP contribution in [0, 0.1) is 0 Å². The minimum Gasteiger partial charge on any atom is -0.497 e. The van der Waals surface area contributed by atoms with Gasteiger partial charge in [-0.1, -0.05) is 12.1 Å². The smallest absolute Gasteiger partial charge is 0.337 e. The number of ether oxygens (including phenoxy) is 1. The van der Waals surface area contributed by atoms with Crippen molar-refractivity contribution in [3.05, 3.63) is 47.7 Å². The Bertz CT molecular complexity index is 641. The lowest BCUT2D eigenvalue weighted by Gasteiger charge is -2.20. The highest BCUT2D eigenvalue weighted by atomic mass is 16.5. The Morgan fingerprint density at radius 2 is 2.00 bits per heavy atom. The van der Waals surface area contributed by atoms with Crippen molar-refractivity contribution in [3.63, 3.8) is 0 Å². The molecule has 0 spiro atoms. The predicted molar refractivity (Wildman–Crippen MR) is 80.7 cm³/mol. The third-order valence-electron chi connectivity index (χ3n) is 3.14. The van der Waals surface area contributed by atoms with Gasteiger partial charge >= 0.3 is 5.97 Å². The van der Waals surface area contributed by atoms with Gasteiger partial charge in [-0.15, -0.1) is 0 Å². The van der Waals surface area contributed by atoms with E-state index in [0.717, 1.165) is 11.3 Å². The molecule has 0 unspecified atom stereocenters. The minimum absolute atomic E-state index is 0.0570. The zero-order valence-corrected chi connectivity index (χ0v) is 11.9. The van der Waals surface area contributed by atoms with E-state index >= 15 is 0 Å². The molecule has 110 valence electrons. The number of aromatic carboxylic acids is 1. The largest absolute Gasteiger partial charge is 0.497 e. The van der Waals surface area contributed by atoms with Gasteiger partial charge in [0.1, 0.15) is 5.75 Å². The van der Waals surface area contributed by atoms with Gasteiger partial charge in [0.15, 0.2) is 5.82 Å². The highest BCUT2D eigenvalue weighted by molar-refractivity contribution is 5.96. The second-order valence-electron chi connectivity index (χ2n) is 4.61. The maximum absolute atomic E-state index is 11.1. The maximum atomic E-state index is 11.1. The number of aromatic nitrogens is 1. The van der Waals surface area contributed by atoms with Crippen LogP contribution in [0.1, 0.15) is 15.9 Å². The van der Waals surface area contributed by atoms with Gasteiger partial charge < -0.3 is 20.5 Å². The topological polar surface area (TPSA) is 88.7 Å². The first-order chi connectivity index (χ1) is 10.0. The number of carboxylic acids is 1. The van der Waals surface area contributed by atoms with Crippen molar-refractivity contribution < 1.29 is 14.6 Å². The molecule has 0 aliphatic rings. The summed E-state index contributed by atoms with van der Waals surface area (Å²) in [7, 11) is 3.43. The van der Waals surface area contributed by atoms with E-state index in [1.165, 1.54) is 12.3 Å². The molecular weight excluding hydrogens is 270 g/mol. The maximum Gasteiger partial charge on any atom is 0.337 e. The van der Waals surface area contributed by atoms with Crippen LogP contribution in [-0.2, 0) is 6.54 Å². The summed E-state index contributed by atoms with van der Waals surface area (Å²) in [5, 5.41) is 9.08. The normalized spacial score (nSPS) is 10.2. The average molecular weight is 287 g/mol. The summed E-state index contributed by atoms with van der Waals surface area (Å²) >= 11 is 0. The van der Waals surface area contributed by atoms with Gasteiger partial charge in [0.25, 0.3) is 0 Å². The SMILES string of the molecule is COc1ccc(CN(C)c2nccc(C(=O)O)c2N)cc1. The number of hydrogen-bond acceptors (Lipinski definition) is 5. The Morgan fingerprint density at radius 1 is 1.33 bits per heavy atom. The molecule has 0 radical (unpaired) electrons. The first-order valence-corrected chi connectivity index (χ1v) is 6.34. The predicted octanol–water partition coefficient (Wildman–Crippen LogP) is 2.01. The van der Waals surface area contributed by atoms with E-state index < -0.39 is 5.97 Å². The highest BCUT2D eigenvalue weighted by Gasteiger charge is 2.15. The lowest BCUT2D eigenvalue weighted by Crippen LogP contribution is -2.20. The molecule has 1 aromatic carbocycles. The molecule has 1 aromatic heterocycles. The number of carboxylic acid groups (broad SMARTS) is 1. The molecule has 0 saturated carbocycles. The van der Waals surface area contributed by atoms with Gasteiger partial charge in [-0.3, -0.25) is 0 Å². The number of benzene rings is 1. The second-order valence-corrected chi connectivity index (χ2v) is 4.61. The van der Waals surface area contributed by atoms with Crippen LogP contribution in [0.2, 0.25) is 0 Å². The van der Waals surface area contributed by atoms with Crippen LogP contribution in [-0.4, -0.2) is 30.2 Å². The first kappa shape index (κ1) is 14.6. The summed E-state index contributed by atoms with van der Waals surface area (Å²) in [4.78, 5) is 17.1. The third kappa shape index (κ3) is 3.22. The lowest BCUT2D eigenvalue weighted by molar-refractivity contribution is 0.0698. The molecule has 1 heterocycles. The highest BCUT2D eigenvalue weighted by Crippen LogP contribution is 2.24. The van der Waals surface area contributed by atoms with E-state index in [2.05, 4.69) is 4.98 Å². The third-order valence-corrected chi connectivity index (χ3v) is 3.14. The Morgan fingerprint density at radius 3 is 2.57 bits per heavy atom. The van der Waals surface area contributed by atoms with Crippen molar-refractivity contribution >= 4 is 17.5 Å². The van der Waals surface area contributed by atoms with E-state index in [1.807, 2.05) is 36.2 Å². The summed E-state index contributed by atoms with van der Waals surface area (Å²) in [6.45, 7) is 0.560. The number of pyridine rings is 1. The molecule has 21 heavy (non-hydrogen) atoms. The molecule has 3 N–H and O–H groups in total. The lowest BCUT2D eigenvalue weighted by atomic mass is 10.2. The van der Waals surface area contributed by atoms with Crippen LogP contribution in [0.15, 0.2) is 36.5 Å². The fraction of sp³-hybridized carbons (Fsp3) is 0.200. The summed E-state index contributed by atoms with van der Waals surface area (Å²) in [6, 6.07) is 9.00. The van der Waals surface area contributed by atoms with E-state index in [0.29, 0.717) is 12.4 Å². The number of nitrogens with two attached hydrogens (primary N) is 1. The molecule has 2 aromatic rings. The van der Waals surface area contributed by atoms with Crippen LogP contribution in [0.25, 0.3) is 0 Å². The number of nitrogen functional groups attached to an aromatic ring is 1. The monoisotopic (exact) mass is 287 g/mol. The molecule has 6 heteroatoms. The van der Waals surface area contributed by atoms with E-state index in [9.17, 15) is 4.79 Å². The zero-order valence-electron chi connectivity index (χ0n) is 11.9. The zero-order chi connectivity index (χ0) is 15.4. The van der Waals surface area contributed by atoms with Crippen LogP contribution >= 0.6 is 0 Å². The first-order valence-electron chi connectivity index (χ1n) is 6.34. The van der Waals surface area contributed by atoms with Gasteiger partial charge in [0, 0.05) is 19.8 Å².